The van der Waals surface area contributed by atoms with Crippen LogP contribution in [0.15, 0.2) is 64.4 Å². The molecule has 0 aromatic heterocycles. The van der Waals surface area contributed by atoms with Crippen molar-refractivity contribution in [3.05, 3.63) is 60.2 Å². The first-order valence-corrected chi connectivity index (χ1v) is 9.41. The Bertz CT molecular complexity index is 807. The normalized spacial score (nSPS) is 12.2. The van der Waals surface area contributed by atoms with E-state index in [1.165, 1.54) is 24.3 Å². The van der Waals surface area contributed by atoms with E-state index in [0.717, 1.165) is 6.26 Å². The highest BCUT2D eigenvalue weighted by molar-refractivity contribution is 7.93. The van der Waals surface area contributed by atoms with Crippen molar-refractivity contribution in [1.29, 1.82) is 0 Å². The minimum atomic E-state index is -3.71. The summed E-state index contributed by atoms with van der Waals surface area (Å²) in [6.07, 6.45) is 1.00. The Hall–Kier alpha value is -1.66. The van der Waals surface area contributed by atoms with Crippen LogP contribution in [0.3, 0.4) is 0 Å². The molecule has 0 radical (unpaired) electrons. The first kappa shape index (κ1) is 14.7. The van der Waals surface area contributed by atoms with E-state index in [2.05, 4.69) is 0 Å². The summed E-state index contributed by atoms with van der Waals surface area (Å²) in [4.78, 5) is -0.303. The van der Waals surface area contributed by atoms with E-state index in [1.54, 1.807) is 30.3 Å². The van der Waals surface area contributed by atoms with Crippen LogP contribution < -0.4 is 0 Å². The first-order chi connectivity index (χ1) is 9.31. The molecule has 0 N–H and O–H groups in total. The third-order valence-corrected chi connectivity index (χ3v) is 5.81. The molecule has 0 amide bonds. The summed E-state index contributed by atoms with van der Waals surface area (Å²) in [7, 11) is -7.29. The van der Waals surface area contributed by atoms with E-state index in [0.29, 0.717) is 5.56 Å². The molecule has 106 valence electrons. The minimum absolute atomic E-state index is 0.147. The predicted molar refractivity (Wildman–Crippen MR) is 76.9 cm³/mol. The molecule has 4 nitrogen and oxygen atoms in total. The lowest BCUT2D eigenvalue weighted by Crippen LogP contribution is -2.10. The maximum Gasteiger partial charge on any atom is 0.183 e. The number of hydrogen-bond donors (Lipinski definition) is 0. The van der Waals surface area contributed by atoms with Gasteiger partial charge in [0.25, 0.3) is 0 Å². The molecule has 0 atom stereocenters. The van der Waals surface area contributed by atoms with Gasteiger partial charge in [-0.25, -0.2) is 16.8 Å². The Labute approximate surface area is 118 Å². The smallest absolute Gasteiger partial charge is 0.183 e. The molecular weight excluding hydrogens is 296 g/mol. The van der Waals surface area contributed by atoms with Crippen LogP contribution in [0.2, 0.25) is 0 Å². The zero-order valence-electron chi connectivity index (χ0n) is 10.9. The molecule has 2 aromatic rings. The van der Waals surface area contributed by atoms with Crippen LogP contribution in [-0.4, -0.2) is 23.1 Å². The summed E-state index contributed by atoms with van der Waals surface area (Å²) in [5.74, 6) is -0.222. The molecule has 0 saturated heterocycles. The lowest BCUT2D eigenvalue weighted by Gasteiger charge is -2.09. The second kappa shape index (κ2) is 5.38. The van der Waals surface area contributed by atoms with Gasteiger partial charge in [0.15, 0.2) is 19.7 Å². The summed E-state index contributed by atoms with van der Waals surface area (Å²) in [6, 6.07) is 14.3. The quantitative estimate of drug-likeness (QED) is 0.867. The van der Waals surface area contributed by atoms with Gasteiger partial charge in [-0.1, -0.05) is 42.5 Å². The summed E-state index contributed by atoms with van der Waals surface area (Å²) in [5.41, 5.74) is 0.621. The van der Waals surface area contributed by atoms with E-state index < -0.39 is 19.7 Å². The Morgan fingerprint density at radius 1 is 0.750 bits per heavy atom. The molecule has 0 saturated carbocycles. The molecule has 0 spiro atoms. The van der Waals surface area contributed by atoms with Crippen molar-refractivity contribution in [1.82, 2.24) is 0 Å². The van der Waals surface area contributed by atoms with Crippen LogP contribution >= 0.6 is 0 Å². The van der Waals surface area contributed by atoms with Crippen molar-refractivity contribution < 1.29 is 16.8 Å². The average Bonchev–Trinajstić information content (AvgIpc) is 2.38. The molecule has 2 aromatic carbocycles. The molecule has 2 rings (SSSR count). The molecule has 6 heteroatoms. The summed E-state index contributed by atoms with van der Waals surface area (Å²) in [5, 5.41) is 0. The van der Waals surface area contributed by atoms with Gasteiger partial charge in [-0.15, -0.1) is 0 Å². The van der Waals surface area contributed by atoms with Crippen LogP contribution in [0.25, 0.3) is 0 Å². The minimum Gasteiger partial charge on any atom is -0.224 e. The number of hydrogen-bond acceptors (Lipinski definition) is 4. The maximum absolute atomic E-state index is 12.4. The predicted octanol–water partition coefficient (Wildman–Crippen LogP) is 2.06. The van der Waals surface area contributed by atoms with Gasteiger partial charge in [0.2, 0.25) is 0 Å². The summed E-state index contributed by atoms with van der Waals surface area (Å²) in [6.45, 7) is 0. The van der Waals surface area contributed by atoms with E-state index in [9.17, 15) is 16.8 Å². The Kier molecular flexibility index (Phi) is 3.96. The highest BCUT2D eigenvalue weighted by Crippen LogP contribution is 2.24. The molecule has 0 bridgehead atoms. The van der Waals surface area contributed by atoms with Crippen LogP contribution in [0.4, 0.5) is 0 Å². The topological polar surface area (TPSA) is 68.3 Å². The second-order valence-electron chi connectivity index (χ2n) is 4.46. The molecule has 0 aliphatic rings. The van der Waals surface area contributed by atoms with Crippen molar-refractivity contribution in [3.63, 3.8) is 0 Å². The molecule has 0 aliphatic heterocycles. The van der Waals surface area contributed by atoms with Crippen LogP contribution in [0, 0.1) is 0 Å². The van der Waals surface area contributed by atoms with Gasteiger partial charge in [-0.05, 0) is 17.7 Å². The van der Waals surface area contributed by atoms with Gasteiger partial charge < -0.3 is 0 Å². The van der Waals surface area contributed by atoms with Crippen LogP contribution in [-0.2, 0) is 25.4 Å². The van der Waals surface area contributed by atoms with Crippen molar-refractivity contribution in [2.24, 2.45) is 0 Å². The third kappa shape index (κ3) is 3.26. The van der Waals surface area contributed by atoms with E-state index in [4.69, 9.17) is 0 Å². The standard InChI is InChI=1S/C14H14O4S2/c1-19(15,16)13-9-5-6-10-14(13)20(17,18)11-12-7-3-2-4-8-12/h2-10H,11H2,1H3. The van der Waals surface area contributed by atoms with Crippen molar-refractivity contribution >= 4 is 19.7 Å². The SMILES string of the molecule is CS(=O)(=O)c1ccccc1S(=O)(=O)Cc1ccccc1. The maximum atomic E-state index is 12.4. The summed E-state index contributed by atoms with van der Waals surface area (Å²) >= 11 is 0. The Morgan fingerprint density at radius 2 is 1.25 bits per heavy atom. The highest BCUT2D eigenvalue weighted by atomic mass is 32.2. The zero-order chi connectivity index (χ0) is 14.8. The van der Waals surface area contributed by atoms with Crippen molar-refractivity contribution in [3.8, 4) is 0 Å². The van der Waals surface area contributed by atoms with Crippen molar-refractivity contribution in [2.75, 3.05) is 6.26 Å². The zero-order valence-corrected chi connectivity index (χ0v) is 12.5. The highest BCUT2D eigenvalue weighted by Gasteiger charge is 2.23. The lowest BCUT2D eigenvalue weighted by molar-refractivity contribution is 0.585. The fourth-order valence-electron chi connectivity index (χ4n) is 1.88. The molecule has 20 heavy (non-hydrogen) atoms. The van der Waals surface area contributed by atoms with E-state index >= 15 is 0 Å². The largest absolute Gasteiger partial charge is 0.224 e. The lowest BCUT2D eigenvalue weighted by atomic mass is 10.2. The number of rotatable bonds is 4. The second-order valence-corrected chi connectivity index (χ2v) is 8.41. The van der Waals surface area contributed by atoms with Gasteiger partial charge in [-0.3, -0.25) is 0 Å². The van der Waals surface area contributed by atoms with E-state index in [-0.39, 0.29) is 15.5 Å². The molecule has 0 aliphatic carbocycles. The van der Waals surface area contributed by atoms with Gasteiger partial charge >= 0.3 is 0 Å². The average molecular weight is 310 g/mol. The van der Waals surface area contributed by atoms with Crippen LogP contribution in [0.5, 0.6) is 0 Å². The van der Waals surface area contributed by atoms with Crippen LogP contribution in [0.1, 0.15) is 5.56 Å². The Morgan fingerprint density at radius 3 is 1.80 bits per heavy atom. The first-order valence-electron chi connectivity index (χ1n) is 5.86. The van der Waals surface area contributed by atoms with Crippen molar-refractivity contribution in [2.45, 2.75) is 15.5 Å². The molecule has 0 unspecified atom stereocenters. The molecule has 0 heterocycles. The monoisotopic (exact) mass is 310 g/mol. The summed E-state index contributed by atoms with van der Waals surface area (Å²) < 4.78 is 48.2. The molecule has 0 fully saturated rings. The number of benzene rings is 2. The number of sulfone groups is 2. The fraction of sp³-hybridized carbons (Fsp3) is 0.143. The van der Waals surface area contributed by atoms with Gasteiger partial charge in [-0.2, -0.15) is 0 Å². The van der Waals surface area contributed by atoms with E-state index in [1.807, 2.05) is 0 Å². The van der Waals surface area contributed by atoms with Gasteiger partial charge in [0.05, 0.1) is 15.5 Å². The molecular formula is C14H14O4S2. The van der Waals surface area contributed by atoms with Gasteiger partial charge in [0, 0.05) is 6.26 Å². The fourth-order valence-corrected chi connectivity index (χ4v) is 4.93. The Balaban J connectivity index is 2.51. The third-order valence-electron chi connectivity index (χ3n) is 2.78. The van der Waals surface area contributed by atoms with Gasteiger partial charge in [0.1, 0.15) is 0 Å².